The highest BCUT2D eigenvalue weighted by atomic mass is 16.5. The number of nitrogens with one attached hydrogen (secondary N) is 1. The van der Waals surface area contributed by atoms with E-state index in [1.165, 1.54) is 11.1 Å². The molecular formula is C35H45N5O3. The fourth-order valence-electron chi connectivity index (χ4n) is 7.95. The maximum Gasteiger partial charge on any atom is 0.334 e. The summed E-state index contributed by atoms with van der Waals surface area (Å²) in [6.45, 7) is 8.86. The number of allylic oxidation sites excluding steroid dienone is 2. The molecule has 5 atom stereocenters. The van der Waals surface area contributed by atoms with Crippen LogP contribution in [-0.2, 0) is 11.3 Å². The van der Waals surface area contributed by atoms with Gasteiger partial charge in [-0.05, 0) is 47.6 Å². The summed E-state index contributed by atoms with van der Waals surface area (Å²) in [5.74, 6) is 1.30. The van der Waals surface area contributed by atoms with Crippen LogP contribution in [0.5, 0.6) is 5.75 Å². The number of amides is 3. The molecule has 0 aromatic heterocycles. The number of carbonyl (C=O) groups is 2. The van der Waals surface area contributed by atoms with E-state index in [2.05, 4.69) is 84.4 Å². The molecule has 2 aromatic carbocycles. The summed E-state index contributed by atoms with van der Waals surface area (Å²) in [5, 5.41) is 6.71. The van der Waals surface area contributed by atoms with Gasteiger partial charge in [0, 0.05) is 44.1 Å². The summed E-state index contributed by atoms with van der Waals surface area (Å²) >= 11 is 0. The molecule has 3 amide bonds. The van der Waals surface area contributed by atoms with E-state index in [0.717, 1.165) is 30.7 Å². The first kappa shape index (κ1) is 29.5. The second-order valence-electron chi connectivity index (χ2n) is 13.1. The lowest BCUT2D eigenvalue weighted by atomic mass is 9.70. The van der Waals surface area contributed by atoms with Gasteiger partial charge in [0.25, 0.3) is 0 Å². The number of rotatable bonds is 5. The third-order valence-electron chi connectivity index (χ3n) is 9.91. The van der Waals surface area contributed by atoms with Crippen LogP contribution < -0.4 is 10.1 Å². The van der Waals surface area contributed by atoms with Gasteiger partial charge in [0.1, 0.15) is 11.9 Å². The van der Waals surface area contributed by atoms with Crippen molar-refractivity contribution in [3.05, 3.63) is 89.5 Å². The molecule has 3 unspecified atom stereocenters. The summed E-state index contributed by atoms with van der Waals surface area (Å²) in [5.41, 5.74) is 3.53. The summed E-state index contributed by atoms with van der Waals surface area (Å²) in [6.07, 6.45) is 8.82. The van der Waals surface area contributed by atoms with Crippen LogP contribution in [-0.4, -0.2) is 83.8 Å². The highest BCUT2D eigenvalue weighted by Gasteiger charge is 2.57. The van der Waals surface area contributed by atoms with Crippen LogP contribution in [0.15, 0.2) is 78.4 Å². The molecule has 3 aliphatic heterocycles. The number of likely N-dealkylation sites (N-methyl/N-ethyl adjacent to an activating group) is 1. The van der Waals surface area contributed by atoms with E-state index in [4.69, 9.17) is 4.74 Å². The van der Waals surface area contributed by atoms with Crippen molar-refractivity contribution in [1.82, 2.24) is 25.1 Å². The molecule has 8 heteroatoms. The van der Waals surface area contributed by atoms with Crippen molar-refractivity contribution < 1.29 is 14.3 Å². The smallest absolute Gasteiger partial charge is 0.334 e. The van der Waals surface area contributed by atoms with Gasteiger partial charge >= 0.3 is 6.03 Å². The fraction of sp³-hybridized carbons (Fsp3) is 0.486. The minimum atomic E-state index is -0.397. The molecule has 2 saturated heterocycles. The van der Waals surface area contributed by atoms with Crippen molar-refractivity contribution in [1.29, 1.82) is 0 Å². The standard InChI is InChI=1S/C35H45N5O3/c1-24(2)32-33-35(3)18-10-9-13-27(19-35)29(26-11-7-6-8-12-26)21-38(33)22-30-39(32)31(41)23-37(4)40(30)34(42)36-20-25-14-16-28(43-5)17-15-25/h6-9,11-17,19,24,29-30,32-33H,10,18,20-23H2,1-5H3,(H,36,42)/t29?,30-,32-,33?,35?/m0/s1. The van der Waals surface area contributed by atoms with Crippen LogP contribution >= 0.6 is 0 Å². The number of hydrazine groups is 1. The SMILES string of the molecule is COc1ccc(CNC(=O)N2[C@H]3CN4CC(c5ccccc5)C5=CC(C)(CCC=C5)C4[C@H](C(C)C)N3C(=O)CN2C)cc1. The average molecular weight is 584 g/mol. The van der Waals surface area contributed by atoms with E-state index < -0.39 is 6.17 Å². The van der Waals surface area contributed by atoms with Crippen LogP contribution in [0.2, 0.25) is 0 Å². The lowest BCUT2D eigenvalue weighted by molar-refractivity contribution is -0.196. The summed E-state index contributed by atoms with van der Waals surface area (Å²) in [6, 6.07) is 18.4. The molecular weight excluding hydrogens is 538 g/mol. The number of urea groups is 1. The maximum absolute atomic E-state index is 13.9. The minimum absolute atomic E-state index is 0.0352. The summed E-state index contributed by atoms with van der Waals surface area (Å²) in [4.78, 5) is 32.5. The van der Waals surface area contributed by atoms with Gasteiger partial charge in [-0.3, -0.25) is 9.69 Å². The van der Waals surface area contributed by atoms with Crippen molar-refractivity contribution in [2.75, 3.05) is 33.8 Å². The first-order valence-electron chi connectivity index (χ1n) is 15.6. The lowest BCUT2D eigenvalue weighted by Crippen LogP contribution is -2.78. The Morgan fingerprint density at radius 2 is 1.84 bits per heavy atom. The molecule has 4 aliphatic rings. The van der Waals surface area contributed by atoms with E-state index in [1.54, 1.807) is 17.1 Å². The van der Waals surface area contributed by atoms with Crippen LogP contribution in [0.3, 0.4) is 0 Å². The zero-order valence-corrected chi connectivity index (χ0v) is 26.1. The van der Waals surface area contributed by atoms with Crippen molar-refractivity contribution in [3.63, 3.8) is 0 Å². The third-order valence-corrected chi connectivity index (χ3v) is 9.91. The molecule has 8 nitrogen and oxygen atoms in total. The number of hydrogen-bond acceptors (Lipinski definition) is 5. The van der Waals surface area contributed by atoms with Gasteiger partial charge < -0.3 is 15.0 Å². The second-order valence-corrected chi connectivity index (χ2v) is 13.1. The van der Waals surface area contributed by atoms with Crippen molar-refractivity contribution in [2.45, 2.75) is 64.3 Å². The van der Waals surface area contributed by atoms with Gasteiger partial charge in [0.15, 0.2) is 0 Å². The summed E-state index contributed by atoms with van der Waals surface area (Å²) in [7, 11) is 3.49. The molecule has 0 radical (unpaired) electrons. The Hall–Kier alpha value is -3.62. The Bertz CT molecular complexity index is 1390. The lowest BCUT2D eigenvalue weighted by Gasteiger charge is -2.61. The van der Waals surface area contributed by atoms with Gasteiger partial charge in [0.2, 0.25) is 5.91 Å². The first-order chi connectivity index (χ1) is 20.7. The molecule has 43 heavy (non-hydrogen) atoms. The number of hydrogen-bond donors (Lipinski definition) is 1. The number of benzene rings is 2. The molecule has 1 N–H and O–H groups in total. The minimum Gasteiger partial charge on any atom is -0.497 e. The van der Waals surface area contributed by atoms with Gasteiger partial charge in [0.05, 0.1) is 19.7 Å². The fourth-order valence-corrected chi connectivity index (χ4v) is 7.95. The largest absolute Gasteiger partial charge is 0.497 e. The second kappa shape index (κ2) is 11.8. The van der Waals surface area contributed by atoms with E-state index in [9.17, 15) is 9.59 Å². The number of nitrogens with zero attached hydrogens (tertiary/aromatic N) is 4. The molecule has 0 saturated carbocycles. The van der Waals surface area contributed by atoms with Gasteiger partial charge in [-0.15, -0.1) is 0 Å². The maximum atomic E-state index is 13.9. The number of carbonyl (C=O) groups excluding carboxylic acids is 2. The Labute approximate surface area is 255 Å². The highest BCUT2D eigenvalue weighted by Crippen LogP contribution is 2.49. The quantitative estimate of drug-likeness (QED) is 0.536. The van der Waals surface area contributed by atoms with Crippen LogP contribution in [0.25, 0.3) is 0 Å². The number of fused-ring (bicyclic) bond motifs is 4. The first-order valence-corrected chi connectivity index (χ1v) is 15.6. The topological polar surface area (TPSA) is 68.4 Å². The Morgan fingerprint density at radius 1 is 1.09 bits per heavy atom. The monoisotopic (exact) mass is 583 g/mol. The molecule has 2 bridgehead atoms. The van der Waals surface area contributed by atoms with Crippen LogP contribution in [0.4, 0.5) is 4.79 Å². The number of piperazine rings is 1. The highest BCUT2D eigenvalue weighted by molar-refractivity contribution is 5.83. The average Bonchev–Trinajstić information content (AvgIpc) is 3.27. The van der Waals surface area contributed by atoms with Crippen LogP contribution in [0.1, 0.15) is 50.7 Å². The van der Waals surface area contributed by atoms with Crippen LogP contribution in [0, 0.1) is 11.3 Å². The Kier molecular flexibility index (Phi) is 8.09. The zero-order valence-electron chi connectivity index (χ0n) is 26.1. The van der Waals surface area contributed by atoms with E-state index in [0.29, 0.717) is 13.1 Å². The Morgan fingerprint density at radius 3 is 2.53 bits per heavy atom. The number of ether oxygens (including phenoxy) is 1. The van der Waals surface area contributed by atoms with E-state index >= 15 is 0 Å². The van der Waals surface area contributed by atoms with Crippen molar-refractivity contribution in [2.24, 2.45) is 11.3 Å². The molecule has 2 aromatic rings. The molecule has 0 spiro atoms. The van der Waals surface area contributed by atoms with Gasteiger partial charge in [-0.1, -0.05) is 81.5 Å². The molecule has 1 aliphatic carbocycles. The predicted octanol–water partition coefficient (Wildman–Crippen LogP) is 5.01. The molecule has 6 rings (SSSR count). The van der Waals surface area contributed by atoms with E-state index in [-0.39, 0.29) is 47.8 Å². The summed E-state index contributed by atoms with van der Waals surface area (Å²) < 4.78 is 5.28. The van der Waals surface area contributed by atoms with Gasteiger partial charge in [-0.25, -0.2) is 14.8 Å². The number of methoxy groups -OCH3 is 1. The zero-order chi connectivity index (χ0) is 30.3. The molecule has 2 fully saturated rings. The molecule has 228 valence electrons. The predicted molar refractivity (Wildman–Crippen MR) is 168 cm³/mol. The normalized spacial score (nSPS) is 29.3. The Balaban J connectivity index is 1.35. The molecule has 3 heterocycles. The van der Waals surface area contributed by atoms with E-state index in [1.807, 2.05) is 31.3 Å². The third kappa shape index (κ3) is 5.47. The van der Waals surface area contributed by atoms with Gasteiger partial charge in [-0.2, -0.15) is 0 Å². The van der Waals surface area contributed by atoms with Crippen molar-refractivity contribution >= 4 is 11.9 Å². The van der Waals surface area contributed by atoms with Crippen molar-refractivity contribution in [3.8, 4) is 5.75 Å².